The Bertz CT molecular complexity index is 1460. The predicted molar refractivity (Wildman–Crippen MR) is 129 cm³/mol. The minimum Gasteiger partial charge on any atom is -0.383 e. The van der Waals surface area contributed by atoms with Gasteiger partial charge in [-0.25, -0.2) is 9.97 Å². The van der Waals surface area contributed by atoms with E-state index in [4.69, 9.17) is 10.7 Å². The molecule has 0 aliphatic carbocycles. The standard InChI is InChI=1S/C26H23N5O/c1-15-7-5-8-16(2)23(15)31-26(32)22-14-19-18-10-3-4-11-20(18)30-24(19)21(29-22)13-17-9-6-12-28-25(17)27/h3-12,14,30H,13H2,1-2H3,(H2,27,28)(H,31,32). The van der Waals surface area contributed by atoms with Gasteiger partial charge in [0.15, 0.2) is 0 Å². The normalized spacial score (nSPS) is 11.2. The van der Waals surface area contributed by atoms with Crippen molar-refractivity contribution in [1.82, 2.24) is 15.0 Å². The highest BCUT2D eigenvalue weighted by Gasteiger charge is 2.18. The average Bonchev–Trinajstić information content (AvgIpc) is 3.17. The molecule has 3 heterocycles. The number of anilines is 2. The number of nitrogens with two attached hydrogens (primary N) is 1. The molecule has 0 bridgehead atoms. The third kappa shape index (κ3) is 3.46. The number of nitrogens with zero attached hydrogens (tertiary/aromatic N) is 2. The number of aromatic nitrogens is 3. The first-order valence-corrected chi connectivity index (χ1v) is 10.5. The number of benzene rings is 2. The fourth-order valence-electron chi connectivity index (χ4n) is 4.13. The third-order valence-corrected chi connectivity index (χ3v) is 5.81. The molecule has 4 N–H and O–H groups in total. The molecule has 0 unspecified atom stereocenters. The summed E-state index contributed by atoms with van der Waals surface area (Å²) >= 11 is 0. The van der Waals surface area contributed by atoms with E-state index in [0.717, 1.165) is 49.9 Å². The van der Waals surface area contributed by atoms with E-state index in [1.807, 2.05) is 74.5 Å². The molecule has 0 fully saturated rings. The minimum atomic E-state index is -0.241. The number of nitrogen functional groups attached to an aromatic ring is 1. The summed E-state index contributed by atoms with van der Waals surface area (Å²) in [6.07, 6.45) is 2.13. The van der Waals surface area contributed by atoms with Gasteiger partial charge < -0.3 is 16.0 Å². The Morgan fingerprint density at radius 2 is 1.78 bits per heavy atom. The minimum absolute atomic E-state index is 0.241. The number of fused-ring (bicyclic) bond motifs is 3. The van der Waals surface area contributed by atoms with Crippen LogP contribution in [0.1, 0.15) is 32.9 Å². The van der Waals surface area contributed by atoms with Gasteiger partial charge in [0.2, 0.25) is 0 Å². The first kappa shape index (κ1) is 19.8. The van der Waals surface area contributed by atoms with Gasteiger partial charge in [0, 0.05) is 40.2 Å². The molecule has 0 spiro atoms. The third-order valence-electron chi connectivity index (χ3n) is 5.81. The van der Waals surface area contributed by atoms with Crippen molar-refractivity contribution < 1.29 is 4.79 Å². The number of aromatic amines is 1. The number of pyridine rings is 2. The van der Waals surface area contributed by atoms with Gasteiger partial charge in [-0.15, -0.1) is 0 Å². The van der Waals surface area contributed by atoms with E-state index in [1.165, 1.54) is 0 Å². The smallest absolute Gasteiger partial charge is 0.274 e. The number of hydrogen-bond donors (Lipinski definition) is 3. The lowest BCUT2D eigenvalue weighted by atomic mass is 10.1. The van der Waals surface area contributed by atoms with Crippen LogP contribution < -0.4 is 11.1 Å². The predicted octanol–water partition coefficient (Wildman–Crippen LogP) is 5.15. The van der Waals surface area contributed by atoms with E-state index < -0.39 is 0 Å². The maximum absolute atomic E-state index is 13.3. The number of hydrogen-bond acceptors (Lipinski definition) is 4. The molecule has 6 heteroatoms. The van der Waals surface area contributed by atoms with E-state index >= 15 is 0 Å². The number of aryl methyl sites for hydroxylation is 2. The fourth-order valence-corrected chi connectivity index (χ4v) is 4.13. The summed E-state index contributed by atoms with van der Waals surface area (Å²) < 4.78 is 0. The van der Waals surface area contributed by atoms with Crippen molar-refractivity contribution >= 4 is 39.2 Å². The van der Waals surface area contributed by atoms with Gasteiger partial charge in [0.1, 0.15) is 11.5 Å². The molecule has 0 saturated carbocycles. The molecule has 6 nitrogen and oxygen atoms in total. The number of carbonyl (C=O) groups is 1. The highest BCUT2D eigenvalue weighted by atomic mass is 16.1. The summed E-state index contributed by atoms with van der Waals surface area (Å²) in [6.45, 7) is 3.96. The van der Waals surface area contributed by atoms with Crippen LogP contribution in [0.3, 0.4) is 0 Å². The second kappa shape index (κ2) is 7.81. The van der Waals surface area contributed by atoms with Crippen LogP contribution in [-0.4, -0.2) is 20.9 Å². The molecule has 5 rings (SSSR count). The molecule has 32 heavy (non-hydrogen) atoms. The van der Waals surface area contributed by atoms with Crippen molar-refractivity contribution in [3.05, 3.63) is 94.9 Å². The molecular formula is C26H23N5O. The maximum Gasteiger partial charge on any atom is 0.274 e. The monoisotopic (exact) mass is 421 g/mol. The lowest BCUT2D eigenvalue weighted by Gasteiger charge is -2.12. The number of para-hydroxylation sites is 2. The first-order chi connectivity index (χ1) is 15.5. The topological polar surface area (TPSA) is 96.7 Å². The Morgan fingerprint density at radius 1 is 1.00 bits per heavy atom. The number of H-pyrrole nitrogens is 1. The Hall–Kier alpha value is -4.19. The van der Waals surface area contributed by atoms with E-state index in [0.29, 0.717) is 17.9 Å². The second-order valence-corrected chi connectivity index (χ2v) is 7.99. The Labute approximate surface area is 185 Å². The van der Waals surface area contributed by atoms with Crippen LogP contribution in [0.15, 0.2) is 66.9 Å². The Morgan fingerprint density at radius 3 is 2.56 bits per heavy atom. The molecule has 1 amide bonds. The van der Waals surface area contributed by atoms with Gasteiger partial charge in [0.25, 0.3) is 5.91 Å². The first-order valence-electron chi connectivity index (χ1n) is 10.5. The summed E-state index contributed by atoms with van der Waals surface area (Å²) in [5, 5.41) is 5.06. The van der Waals surface area contributed by atoms with Gasteiger partial charge in [-0.3, -0.25) is 4.79 Å². The summed E-state index contributed by atoms with van der Waals surface area (Å²) in [7, 11) is 0. The molecule has 2 aromatic carbocycles. The lowest BCUT2D eigenvalue weighted by Crippen LogP contribution is -2.16. The molecule has 0 radical (unpaired) electrons. The molecule has 0 atom stereocenters. The zero-order valence-corrected chi connectivity index (χ0v) is 17.9. The molecule has 0 aliphatic heterocycles. The van der Waals surface area contributed by atoms with E-state index in [9.17, 15) is 4.79 Å². The van der Waals surface area contributed by atoms with Crippen molar-refractivity contribution in [3.8, 4) is 0 Å². The average molecular weight is 422 g/mol. The van der Waals surface area contributed by atoms with Gasteiger partial charge >= 0.3 is 0 Å². The number of amides is 1. The van der Waals surface area contributed by atoms with Crippen LogP contribution in [0.25, 0.3) is 21.8 Å². The zero-order valence-electron chi connectivity index (χ0n) is 17.9. The van der Waals surface area contributed by atoms with Crippen LogP contribution >= 0.6 is 0 Å². The van der Waals surface area contributed by atoms with Crippen molar-refractivity contribution in [3.63, 3.8) is 0 Å². The molecule has 5 aromatic rings. The molecule has 158 valence electrons. The van der Waals surface area contributed by atoms with Gasteiger partial charge in [-0.2, -0.15) is 0 Å². The van der Waals surface area contributed by atoms with Crippen LogP contribution in [0.4, 0.5) is 11.5 Å². The summed E-state index contributed by atoms with van der Waals surface area (Å²) in [6, 6.07) is 19.6. The van der Waals surface area contributed by atoms with Crippen LogP contribution in [0.2, 0.25) is 0 Å². The van der Waals surface area contributed by atoms with Crippen LogP contribution in [0.5, 0.6) is 0 Å². The lowest BCUT2D eigenvalue weighted by molar-refractivity contribution is 0.102. The van der Waals surface area contributed by atoms with Crippen molar-refractivity contribution in [2.45, 2.75) is 20.3 Å². The highest BCUT2D eigenvalue weighted by Crippen LogP contribution is 2.30. The molecule has 3 aromatic heterocycles. The van der Waals surface area contributed by atoms with Crippen LogP contribution in [0, 0.1) is 13.8 Å². The fraction of sp³-hybridized carbons (Fsp3) is 0.115. The molecular weight excluding hydrogens is 398 g/mol. The summed E-state index contributed by atoms with van der Waals surface area (Å²) in [5.41, 5.74) is 12.8. The van der Waals surface area contributed by atoms with Crippen molar-refractivity contribution in [2.75, 3.05) is 11.1 Å². The molecule has 0 aliphatic rings. The number of rotatable bonds is 4. The highest BCUT2D eigenvalue weighted by molar-refractivity contribution is 6.12. The van der Waals surface area contributed by atoms with Gasteiger partial charge in [-0.05, 0) is 43.2 Å². The summed E-state index contributed by atoms with van der Waals surface area (Å²) in [4.78, 5) is 25.7. The zero-order chi connectivity index (χ0) is 22.2. The number of nitrogens with one attached hydrogen (secondary N) is 2. The van der Waals surface area contributed by atoms with Crippen LogP contribution in [-0.2, 0) is 6.42 Å². The quantitative estimate of drug-likeness (QED) is 0.374. The van der Waals surface area contributed by atoms with E-state index in [-0.39, 0.29) is 5.91 Å². The van der Waals surface area contributed by atoms with Crippen molar-refractivity contribution in [1.29, 1.82) is 0 Å². The second-order valence-electron chi connectivity index (χ2n) is 7.99. The van der Waals surface area contributed by atoms with Gasteiger partial charge in [0.05, 0.1) is 11.2 Å². The van der Waals surface area contributed by atoms with Gasteiger partial charge in [-0.1, -0.05) is 42.5 Å². The summed E-state index contributed by atoms with van der Waals surface area (Å²) in [5.74, 6) is 0.221. The largest absolute Gasteiger partial charge is 0.383 e. The number of carbonyl (C=O) groups excluding carboxylic acids is 1. The van der Waals surface area contributed by atoms with E-state index in [1.54, 1.807) is 6.20 Å². The van der Waals surface area contributed by atoms with E-state index in [2.05, 4.69) is 15.3 Å². The maximum atomic E-state index is 13.3. The molecule has 0 saturated heterocycles. The van der Waals surface area contributed by atoms with Crippen molar-refractivity contribution in [2.24, 2.45) is 0 Å². The SMILES string of the molecule is Cc1cccc(C)c1NC(=O)c1cc2c([nH]c3ccccc32)c(Cc2cccnc2N)n1. The Balaban J connectivity index is 1.65. The Kier molecular flexibility index (Phi) is 4.82.